The van der Waals surface area contributed by atoms with Crippen LogP contribution < -0.4 is 22.3 Å². The molecule has 8 N–H and O–H groups in total. The van der Waals surface area contributed by atoms with Crippen LogP contribution in [0, 0.1) is 5.92 Å². The van der Waals surface area contributed by atoms with Crippen molar-refractivity contribution in [3.05, 3.63) is 33.1 Å². The van der Waals surface area contributed by atoms with E-state index < -0.39 is 183 Å². The van der Waals surface area contributed by atoms with Gasteiger partial charge >= 0.3 is 41.5 Å². The van der Waals surface area contributed by atoms with Crippen molar-refractivity contribution in [2.45, 2.75) is 234 Å². The Balaban J connectivity index is 1.28. The molecule has 1 aromatic rings. The second kappa shape index (κ2) is 33.2. The molecule has 4 fully saturated rings. The zero-order valence-corrected chi connectivity index (χ0v) is 47.6. The molecule has 17 atom stereocenters. The minimum atomic E-state index is -1.84. The first kappa shape index (κ1) is 67.4. The van der Waals surface area contributed by atoms with Crippen LogP contribution in [0.3, 0.4) is 0 Å². The Labute approximate surface area is 475 Å². The molecule has 82 heavy (non-hydrogen) atoms. The van der Waals surface area contributed by atoms with Crippen LogP contribution >= 0.6 is 0 Å². The van der Waals surface area contributed by atoms with E-state index in [9.17, 15) is 58.5 Å². The average molecular weight is 1170 g/mol. The Kier molecular flexibility index (Phi) is 27.2. The van der Waals surface area contributed by atoms with Gasteiger partial charge in [0.2, 0.25) is 12.2 Å². The Morgan fingerprint density at radius 1 is 0.768 bits per heavy atom. The van der Waals surface area contributed by atoms with Gasteiger partial charge in [0.15, 0.2) is 24.5 Å². The lowest BCUT2D eigenvalue weighted by atomic mass is 9.96. The SMILES string of the molecule is CCCCCCCCCCCC(CC(=O)OC1CN(C)C(C(O[C@H]2C[C@H](O)[C@@H](CN)O2)[C@H]2O[C@@H](n3ccc(=O)[nH]c3=O)C[C@@H]2O)C(=O)NC1C(=O)O)OC(=O)CC(C)CC(=O)O[C@@H]1O[C@@H](CC)[C@H](OC)[C@@H](OC(=O)CCC(=O)O)[C@H]1OC. The van der Waals surface area contributed by atoms with Crippen molar-refractivity contribution in [1.82, 2.24) is 19.8 Å². The lowest BCUT2D eigenvalue weighted by Crippen LogP contribution is -2.61. The minimum absolute atomic E-state index is 0.0914. The number of hydrogen-bond acceptors (Lipinski definition) is 23. The lowest BCUT2D eigenvalue weighted by Gasteiger charge is -2.44. The molecule has 0 spiro atoms. The van der Waals surface area contributed by atoms with E-state index >= 15 is 0 Å². The molecule has 28 heteroatoms. The van der Waals surface area contributed by atoms with Crippen LogP contribution in [0.15, 0.2) is 21.9 Å². The van der Waals surface area contributed by atoms with E-state index in [-0.39, 0.29) is 38.6 Å². The normalized spacial score (nSPS) is 29.6. The predicted molar refractivity (Wildman–Crippen MR) is 283 cm³/mol. The number of ether oxygens (including phenoxy) is 10. The number of esters is 4. The number of aliphatic hydroxyl groups is 2. The molecule has 0 aliphatic carbocycles. The highest BCUT2D eigenvalue weighted by Gasteiger charge is 2.53. The molecule has 5 heterocycles. The van der Waals surface area contributed by atoms with Crippen LogP contribution in [-0.2, 0) is 80.9 Å². The van der Waals surface area contributed by atoms with Crippen LogP contribution in [0.1, 0.15) is 143 Å². The number of carboxylic acids is 2. The van der Waals surface area contributed by atoms with Crippen LogP contribution in [0.25, 0.3) is 0 Å². The number of carbonyl (C=O) groups excluding carboxylic acids is 5. The van der Waals surface area contributed by atoms with Gasteiger partial charge < -0.3 is 78.8 Å². The summed E-state index contributed by atoms with van der Waals surface area (Å²) < 4.78 is 59.6. The van der Waals surface area contributed by atoms with Gasteiger partial charge in [-0.1, -0.05) is 72.1 Å². The number of hydrogen-bond donors (Lipinski definition) is 7. The summed E-state index contributed by atoms with van der Waals surface area (Å²) in [6, 6.07) is -2.26. The molecule has 5 rings (SSSR count). The summed E-state index contributed by atoms with van der Waals surface area (Å²) in [5.41, 5.74) is 4.27. The van der Waals surface area contributed by atoms with E-state index in [1.807, 2.05) is 0 Å². The summed E-state index contributed by atoms with van der Waals surface area (Å²) in [6.07, 6.45) is -8.49. The van der Waals surface area contributed by atoms with Gasteiger partial charge in [0.05, 0.1) is 43.7 Å². The fourth-order valence-electron chi connectivity index (χ4n) is 10.8. The minimum Gasteiger partial charge on any atom is -0.481 e. The van der Waals surface area contributed by atoms with Crippen molar-refractivity contribution < 1.29 is 101 Å². The molecule has 4 saturated heterocycles. The summed E-state index contributed by atoms with van der Waals surface area (Å²) in [7, 11) is 4.07. The number of unbranched alkanes of at least 4 members (excludes halogenated alkanes) is 8. The predicted octanol–water partition coefficient (Wildman–Crippen LogP) is 0.924. The summed E-state index contributed by atoms with van der Waals surface area (Å²) in [6.45, 7) is 5.00. The number of carbonyl (C=O) groups is 7. The second-order valence-corrected chi connectivity index (χ2v) is 21.5. The summed E-state index contributed by atoms with van der Waals surface area (Å²) in [4.78, 5) is 120. The van der Waals surface area contributed by atoms with Crippen molar-refractivity contribution in [2.24, 2.45) is 11.7 Å². The third-order valence-electron chi connectivity index (χ3n) is 15.0. The largest absolute Gasteiger partial charge is 0.481 e. The number of nitrogens with one attached hydrogen (secondary N) is 2. The maximum absolute atomic E-state index is 14.3. The fourth-order valence-corrected chi connectivity index (χ4v) is 10.8. The topological polar surface area (TPSA) is 389 Å². The lowest BCUT2D eigenvalue weighted by molar-refractivity contribution is -0.299. The van der Waals surface area contributed by atoms with Crippen molar-refractivity contribution in [3.8, 4) is 0 Å². The number of carboxylic acid groups (broad SMARTS) is 2. The van der Waals surface area contributed by atoms with Gasteiger partial charge in [0.1, 0.15) is 42.8 Å². The van der Waals surface area contributed by atoms with E-state index in [0.717, 1.165) is 62.0 Å². The maximum atomic E-state index is 14.3. The standard InChI is InChI=1S/C54H85N5O23/c1-7-9-10-11-12-13-14-15-16-17-30(75-40(66)22-29(3)23-41(67)81-53-50(74-6)49(47(73-5)33(8-2)78-53)80-39(65)19-18-38(63)64)24-42(68)76-35-28-58(4)45(51(69)57-44(35)52(70)71)48(82-43-26-31(60)34(27-55)77-43)46-32(61)25-37(79-46)59-21-20-36(62)56-54(59)72/h20-21,29-35,37,43-50,53,60-61H,7-19,22-28,55H2,1-6H3,(H,57,69)(H,63,64)(H,70,71)(H,56,62,72)/t29?,30?,31-,32-,33-,34+,35?,37+,43-,44?,45?,46-,47-,48?,49+,50+,53-/m0/s1. The van der Waals surface area contributed by atoms with E-state index in [0.29, 0.717) is 12.8 Å². The van der Waals surface area contributed by atoms with E-state index in [2.05, 4.69) is 17.2 Å². The Morgan fingerprint density at radius 2 is 1.43 bits per heavy atom. The monoisotopic (exact) mass is 1170 g/mol. The number of likely N-dealkylation sites (N-methyl/N-ethyl adjacent to an activating group) is 1. The van der Waals surface area contributed by atoms with E-state index in [1.165, 1.54) is 32.4 Å². The molecular formula is C54H85N5O23. The van der Waals surface area contributed by atoms with Gasteiger partial charge in [-0.05, 0) is 32.2 Å². The summed E-state index contributed by atoms with van der Waals surface area (Å²) in [5, 5.41) is 44.1. The van der Waals surface area contributed by atoms with Gasteiger partial charge in [0, 0.05) is 65.3 Å². The molecule has 0 aromatic carbocycles. The van der Waals surface area contributed by atoms with Gasteiger partial charge in [-0.2, -0.15) is 0 Å². The van der Waals surface area contributed by atoms with Crippen molar-refractivity contribution in [3.63, 3.8) is 0 Å². The number of aliphatic carboxylic acids is 2. The molecule has 1 aromatic heterocycles. The van der Waals surface area contributed by atoms with E-state index in [4.69, 9.17) is 58.2 Å². The number of nitrogens with two attached hydrogens (primary N) is 1. The number of aromatic nitrogens is 2. The molecule has 0 saturated carbocycles. The number of amides is 1. The van der Waals surface area contributed by atoms with Crippen molar-refractivity contribution >= 4 is 41.7 Å². The molecular weight excluding hydrogens is 1090 g/mol. The van der Waals surface area contributed by atoms with E-state index in [1.54, 1.807) is 13.8 Å². The highest BCUT2D eigenvalue weighted by molar-refractivity contribution is 5.89. The van der Waals surface area contributed by atoms with Gasteiger partial charge in [-0.15, -0.1) is 0 Å². The Bertz CT molecular complexity index is 2370. The Hall–Kier alpha value is -5.43. The summed E-state index contributed by atoms with van der Waals surface area (Å²) >= 11 is 0. The van der Waals surface area contributed by atoms with Crippen molar-refractivity contribution in [1.29, 1.82) is 0 Å². The Morgan fingerprint density at radius 3 is 2.04 bits per heavy atom. The molecule has 4 aliphatic rings. The molecule has 4 aliphatic heterocycles. The van der Waals surface area contributed by atoms with Gasteiger partial charge in [-0.3, -0.25) is 48.0 Å². The number of H-pyrrole nitrogens is 1. The highest BCUT2D eigenvalue weighted by Crippen LogP contribution is 2.36. The first-order valence-electron chi connectivity index (χ1n) is 28.4. The van der Waals surface area contributed by atoms with Crippen molar-refractivity contribution in [2.75, 3.05) is 34.4 Å². The van der Waals surface area contributed by atoms with Crippen LogP contribution in [-0.4, -0.2) is 203 Å². The maximum Gasteiger partial charge on any atom is 0.330 e. The van der Waals surface area contributed by atoms with Gasteiger partial charge in [0.25, 0.3) is 5.56 Å². The molecule has 464 valence electrons. The smallest absolute Gasteiger partial charge is 0.330 e. The zero-order chi connectivity index (χ0) is 60.2. The number of aromatic amines is 1. The quantitative estimate of drug-likeness (QED) is 0.0292. The highest BCUT2D eigenvalue weighted by atomic mass is 16.7. The van der Waals surface area contributed by atoms with Crippen LogP contribution in [0.2, 0.25) is 0 Å². The fraction of sp³-hybridized carbons (Fsp3) is 0.796. The van der Waals surface area contributed by atoms with Gasteiger partial charge in [-0.25, -0.2) is 9.59 Å². The number of aliphatic hydroxyl groups excluding tert-OH is 2. The average Bonchev–Trinajstić information content (AvgIpc) is 3.42. The third kappa shape index (κ3) is 19.6. The molecule has 28 nitrogen and oxygen atoms in total. The molecule has 6 unspecified atom stereocenters. The second-order valence-electron chi connectivity index (χ2n) is 21.5. The number of nitrogens with zero attached hydrogens (tertiary/aromatic N) is 2. The molecule has 1 amide bonds. The number of methoxy groups -OCH3 is 2. The first-order valence-corrected chi connectivity index (χ1v) is 28.4. The molecule has 0 radical (unpaired) electrons. The third-order valence-corrected chi connectivity index (χ3v) is 15.0. The van der Waals surface area contributed by atoms with Crippen LogP contribution in [0.5, 0.6) is 0 Å². The molecule has 0 bridgehead atoms. The number of rotatable bonds is 33. The zero-order valence-electron chi connectivity index (χ0n) is 47.6. The first-order chi connectivity index (χ1) is 39.1. The summed E-state index contributed by atoms with van der Waals surface area (Å²) in [5.74, 6) is -7.78. The van der Waals surface area contributed by atoms with Crippen LogP contribution in [0.4, 0.5) is 0 Å².